The standard InChI is InChI=1S/C17H24N2O2S/c20-17(18-14-2-1-3-14)15-8-13-4-6-19(10-16(13)21-15)9-12-5-7-22-11-12/h5,7,11,13-16H,1-4,6,8-10H2,(H,18,20)/t13-,15+,16-/m0/s1. The number of nitrogens with zero attached hydrogens (tertiary/aromatic N) is 1. The van der Waals surface area contributed by atoms with E-state index < -0.39 is 0 Å². The topological polar surface area (TPSA) is 41.6 Å². The Balaban J connectivity index is 1.30. The van der Waals surface area contributed by atoms with Gasteiger partial charge in [0.1, 0.15) is 6.10 Å². The number of piperidine rings is 1. The molecule has 0 unspecified atom stereocenters. The van der Waals surface area contributed by atoms with Crippen molar-refractivity contribution in [1.82, 2.24) is 10.2 Å². The number of carbonyl (C=O) groups excluding carboxylic acids is 1. The second-order valence-corrected chi connectivity index (χ2v) is 7.73. The molecular weight excluding hydrogens is 296 g/mol. The summed E-state index contributed by atoms with van der Waals surface area (Å²) < 4.78 is 6.09. The van der Waals surface area contributed by atoms with Crippen molar-refractivity contribution in [2.75, 3.05) is 13.1 Å². The Hall–Kier alpha value is -0.910. The van der Waals surface area contributed by atoms with Crippen LogP contribution < -0.4 is 5.32 Å². The molecule has 1 saturated carbocycles. The molecular formula is C17H24N2O2S. The summed E-state index contributed by atoms with van der Waals surface area (Å²) in [6.07, 6.45) is 5.62. The number of amides is 1. The molecule has 3 fully saturated rings. The molecule has 0 bridgehead atoms. The molecule has 1 N–H and O–H groups in total. The number of likely N-dealkylation sites (tertiary alicyclic amines) is 1. The largest absolute Gasteiger partial charge is 0.364 e. The molecule has 3 heterocycles. The fourth-order valence-electron chi connectivity index (χ4n) is 3.79. The zero-order valence-corrected chi connectivity index (χ0v) is 13.7. The van der Waals surface area contributed by atoms with Crippen LogP contribution in [0.2, 0.25) is 0 Å². The number of fused-ring (bicyclic) bond motifs is 1. The maximum absolute atomic E-state index is 12.3. The van der Waals surface area contributed by atoms with Crippen LogP contribution in [0.5, 0.6) is 0 Å². The average molecular weight is 320 g/mol. The van der Waals surface area contributed by atoms with Crippen molar-refractivity contribution in [2.24, 2.45) is 5.92 Å². The van der Waals surface area contributed by atoms with Crippen molar-refractivity contribution in [1.29, 1.82) is 0 Å². The minimum absolute atomic E-state index is 0.128. The fraction of sp³-hybridized carbons (Fsp3) is 0.706. The highest BCUT2D eigenvalue weighted by Gasteiger charge is 2.42. The lowest BCUT2D eigenvalue weighted by atomic mass is 9.90. The molecule has 4 nitrogen and oxygen atoms in total. The van der Waals surface area contributed by atoms with Gasteiger partial charge < -0.3 is 10.1 Å². The molecule has 0 aromatic carbocycles. The summed E-state index contributed by atoms with van der Waals surface area (Å²) in [4.78, 5) is 14.7. The molecule has 0 radical (unpaired) electrons. The van der Waals surface area contributed by atoms with Gasteiger partial charge in [-0.25, -0.2) is 0 Å². The van der Waals surface area contributed by atoms with E-state index in [1.54, 1.807) is 11.3 Å². The Labute approximate surface area is 135 Å². The molecule has 1 amide bonds. The van der Waals surface area contributed by atoms with Gasteiger partial charge in [-0.15, -0.1) is 0 Å². The Bertz CT molecular complexity index is 515. The van der Waals surface area contributed by atoms with E-state index in [1.807, 2.05) is 0 Å². The summed E-state index contributed by atoms with van der Waals surface area (Å²) >= 11 is 1.75. The van der Waals surface area contributed by atoms with E-state index in [-0.39, 0.29) is 18.1 Å². The third-order valence-electron chi connectivity index (χ3n) is 5.37. The van der Waals surface area contributed by atoms with Gasteiger partial charge in [-0.1, -0.05) is 0 Å². The maximum Gasteiger partial charge on any atom is 0.249 e. The second-order valence-electron chi connectivity index (χ2n) is 6.95. The summed E-state index contributed by atoms with van der Waals surface area (Å²) in [5.41, 5.74) is 1.39. The molecule has 0 spiro atoms. The van der Waals surface area contributed by atoms with Crippen LogP contribution in [-0.4, -0.2) is 42.1 Å². The Morgan fingerprint density at radius 1 is 1.41 bits per heavy atom. The first-order valence-electron chi connectivity index (χ1n) is 8.47. The van der Waals surface area contributed by atoms with Crippen molar-refractivity contribution in [3.8, 4) is 0 Å². The van der Waals surface area contributed by atoms with Crippen molar-refractivity contribution < 1.29 is 9.53 Å². The number of thiophene rings is 1. The second kappa shape index (κ2) is 6.30. The number of nitrogens with one attached hydrogen (secondary N) is 1. The van der Waals surface area contributed by atoms with Crippen molar-refractivity contribution in [2.45, 2.75) is 56.9 Å². The van der Waals surface area contributed by atoms with Gasteiger partial charge in [0.15, 0.2) is 0 Å². The van der Waals surface area contributed by atoms with Gasteiger partial charge in [0.25, 0.3) is 0 Å². The lowest BCUT2D eigenvalue weighted by Crippen LogP contribution is -2.45. The van der Waals surface area contributed by atoms with Gasteiger partial charge in [-0.3, -0.25) is 9.69 Å². The third kappa shape index (κ3) is 3.07. The molecule has 3 atom stereocenters. The van der Waals surface area contributed by atoms with E-state index in [0.717, 1.165) is 45.3 Å². The lowest BCUT2D eigenvalue weighted by molar-refractivity contribution is -0.134. The molecule has 1 aromatic rings. The zero-order valence-electron chi connectivity index (χ0n) is 12.9. The minimum atomic E-state index is -0.211. The first-order chi connectivity index (χ1) is 10.8. The average Bonchev–Trinajstić information content (AvgIpc) is 3.11. The predicted molar refractivity (Wildman–Crippen MR) is 86.8 cm³/mol. The molecule has 1 aliphatic carbocycles. The van der Waals surface area contributed by atoms with E-state index in [1.165, 1.54) is 12.0 Å². The molecule has 1 aromatic heterocycles. The number of ether oxygens (including phenoxy) is 1. The summed E-state index contributed by atoms with van der Waals surface area (Å²) in [6, 6.07) is 2.61. The summed E-state index contributed by atoms with van der Waals surface area (Å²) in [6.45, 7) is 3.10. The van der Waals surface area contributed by atoms with Crippen LogP contribution in [0.1, 0.15) is 37.7 Å². The maximum atomic E-state index is 12.3. The van der Waals surface area contributed by atoms with Gasteiger partial charge in [0, 0.05) is 19.1 Å². The fourth-order valence-corrected chi connectivity index (χ4v) is 4.45. The molecule has 2 saturated heterocycles. The lowest BCUT2D eigenvalue weighted by Gasteiger charge is -2.33. The van der Waals surface area contributed by atoms with Crippen molar-refractivity contribution in [3.63, 3.8) is 0 Å². The highest BCUT2D eigenvalue weighted by molar-refractivity contribution is 7.07. The predicted octanol–water partition coefficient (Wildman–Crippen LogP) is 2.40. The normalized spacial score (nSPS) is 32.5. The third-order valence-corrected chi connectivity index (χ3v) is 6.10. The van der Waals surface area contributed by atoms with E-state index >= 15 is 0 Å². The number of carbonyl (C=O) groups is 1. The first-order valence-corrected chi connectivity index (χ1v) is 9.41. The van der Waals surface area contributed by atoms with Gasteiger partial charge in [-0.05, 0) is 67.0 Å². The van der Waals surface area contributed by atoms with Gasteiger partial charge >= 0.3 is 0 Å². The van der Waals surface area contributed by atoms with Crippen LogP contribution in [0.25, 0.3) is 0 Å². The Morgan fingerprint density at radius 2 is 2.32 bits per heavy atom. The van der Waals surface area contributed by atoms with Gasteiger partial charge in [0.2, 0.25) is 5.91 Å². The molecule has 22 heavy (non-hydrogen) atoms. The first kappa shape index (κ1) is 14.7. The molecule has 2 aliphatic heterocycles. The summed E-state index contributed by atoms with van der Waals surface area (Å²) in [5.74, 6) is 0.694. The molecule has 5 heteroatoms. The van der Waals surface area contributed by atoms with E-state index in [9.17, 15) is 4.79 Å². The zero-order chi connectivity index (χ0) is 14.9. The van der Waals surface area contributed by atoms with E-state index in [4.69, 9.17) is 4.74 Å². The van der Waals surface area contributed by atoms with Gasteiger partial charge in [-0.2, -0.15) is 11.3 Å². The summed E-state index contributed by atoms with van der Waals surface area (Å²) in [5, 5.41) is 7.49. The molecule has 120 valence electrons. The highest BCUT2D eigenvalue weighted by atomic mass is 32.1. The van der Waals surface area contributed by atoms with Crippen LogP contribution in [0.15, 0.2) is 16.8 Å². The number of rotatable bonds is 4. The van der Waals surface area contributed by atoms with E-state index in [2.05, 4.69) is 27.0 Å². The van der Waals surface area contributed by atoms with Crippen molar-refractivity contribution >= 4 is 17.2 Å². The molecule has 3 aliphatic rings. The Kier molecular flexibility index (Phi) is 4.20. The number of hydrogen-bond donors (Lipinski definition) is 1. The van der Waals surface area contributed by atoms with Crippen LogP contribution in [0.4, 0.5) is 0 Å². The van der Waals surface area contributed by atoms with Crippen molar-refractivity contribution in [3.05, 3.63) is 22.4 Å². The van der Waals surface area contributed by atoms with Gasteiger partial charge in [0.05, 0.1) is 6.10 Å². The highest BCUT2D eigenvalue weighted by Crippen LogP contribution is 2.34. The quantitative estimate of drug-likeness (QED) is 0.926. The van der Waals surface area contributed by atoms with Crippen LogP contribution in [-0.2, 0) is 16.1 Å². The molecule has 4 rings (SSSR count). The van der Waals surface area contributed by atoms with E-state index in [0.29, 0.717) is 12.0 Å². The van der Waals surface area contributed by atoms with Crippen LogP contribution in [0, 0.1) is 5.92 Å². The summed E-state index contributed by atoms with van der Waals surface area (Å²) in [7, 11) is 0. The minimum Gasteiger partial charge on any atom is -0.364 e. The monoisotopic (exact) mass is 320 g/mol. The number of hydrogen-bond acceptors (Lipinski definition) is 4. The SMILES string of the molecule is O=C(NC1CCC1)[C@H]1C[C@@H]2CCN(Cc3ccsc3)C[C@@H]2O1. The Morgan fingerprint density at radius 3 is 3.05 bits per heavy atom. The van der Waals surface area contributed by atoms with Crippen LogP contribution in [0.3, 0.4) is 0 Å². The van der Waals surface area contributed by atoms with Crippen LogP contribution >= 0.6 is 11.3 Å². The smallest absolute Gasteiger partial charge is 0.249 e.